The zero-order valence-corrected chi connectivity index (χ0v) is 19.1. The number of thiophene rings is 1. The second kappa shape index (κ2) is 8.72. The van der Waals surface area contributed by atoms with Crippen LogP contribution in [0.15, 0.2) is 65.5 Å². The normalized spacial score (nSPS) is 14.7. The number of hydrogen-bond donors (Lipinski definition) is 1. The smallest absolute Gasteiger partial charge is 0.228 e. The van der Waals surface area contributed by atoms with E-state index in [1.807, 2.05) is 24.3 Å². The highest BCUT2D eigenvalue weighted by Crippen LogP contribution is 2.37. The number of pyridine rings is 1. The number of piperidine rings is 1. The fraction of sp³-hybridized carbons (Fsp3) is 0.217. The zero-order valence-electron chi connectivity index (χ0n) is 16.7. The molecule has 0 radical (unpaired) electrons. The molecule has 0 aliphatic carbocycles. The molecule has 3 aromatic heterocycles. The summed E-state index contributed by atoms with van der Waals surface area (Å²) >= 11 is 5.04. The van der Waals surface area contributed by atoms with Gasteiger partial charge in [-0.2, -0.15) is 0 Å². The Morgan fingerprint density at radius 1 is 1.06 bits per heavy atom. The van der Waals surface area contributed by atoms with Crippen LogP contribution in [0.5, 0.6) is 0 Å². The van der Waals surface area contributed by atoms with E-state index >= 15 is 0 Å². The lowest BCUT2D eigenvalue weighted by atomic mass is 9.95. The lowest BCUT2D eigenvalue weighted by Crippen LogP contribution is -2.38. The highest BCUT2D eigenvalue weighted by Gasteiger charge is 2.27. The maximum absolute atomic E-state index is 12.7. The second-order valence-electron chi connectivity index (χ2n) is 7.51. The van der Waals surface area contributed by atoms with E-state index in [1.165, 1.54) is 10.4 Å². The van der Waals surface area contributed by atoms with Gasteiger partial charge in [-0.3, -0.25) is 4.79 Å². The van der Waals surface area contributed by atoms with Crippen molar-refractivity contribution >= 4 is 55.0 Å². The van der Waals surface area contributed by atoms with Crippen molar-refractivity contribution in [2.45, 2.75) is 12.8 Å². The first-order chi connectivity index (χ1) is 15.2. The molecule has 0 spiro atoms. The van der Waals surface area contributed by atoms with Gasteiger partial charge in [-0.25, -0.2) is 15.0 Å². The number of hydrogen-bond acceptors (Lipinski definition) is 6. The van der Waals surface area contributed by atoms with Gasteiger partial charge >= 0.3 is 0 Å². The topological polar surface area (TPSA) is 71.0 Å². The van der Waals surface area contributed by atoms with Crippen LogP contribution >= 0.6 is 27.3 Å². The Bertz CT molecular complexity index is 1200. The van der Waals surface area contributed by atoms with Gasteiger partial charge in [0.25, 0.3) is 0 Å². The fourth-order valence-electron chi connectivity index (χ4n) is 3.87. The molecule has 31 heavy (non-hydrogen) atoms. The quantitative estimate of drug-likeness (QED) is 0.413. The number of rotatable bonds is 4. The second-order valence-corrected chi connectivity index (χ2v) is 9.45. The van der Waals surface area contributed by atoms with Crippen molar-refractivity contribution < 1.29 is 4.79 Å². The lowest BCUT2D eigenvalue weighted by molar-refractivity contribution is -0.120. The van der Waals surface area contributed by atoms with Gasteiger partial charge in [0.05, 0.1) is 5.39 Å². The third-order valence-corrected chi connectivity index (χ3v) is 7.07. The number of nitrogens with one attached hydrogen (secondary N) is 1. The van der Waals surface area contributed by atoms with E-state index in [0.29, 0.717) is 5.82 Å². The Hall–Kier alpha value is -2.84. The van der Waals surface area contributed by atoms with Crippen molar-refractivity contribution in [2.24, 2.45) is 5.92 Å². The van der Waals surface area contributed by atoms with Crippen LogP contribution in [0.1, 0.15) is 12.8 Å². The summed E-state index contributed by atoms with van der Waals surface area (Å²) in [5.41, 5.74) is 1.19. The molecule has 156 valence electrons. The van der Waals surface area contributed by atoms with Gasteiger partial charge in [0, 0.05) is 34.6 Å². The number of aromatic nitrogens is 3. The molecule has 0 bridgehead atoms. The molecule has 0 saturated carbocycles. The molecule has 1 aliphatic heterocycles. The molecule has 1 aromatic carbocycles. The minimum atomic E-state index is -0.0265. The third-order valence-electron chi connectivity index (χ3n) is 5.51. The van der Waals surface area contributed by atoms with E-state index < -0.39 is 0 Å². The number of nitrogens with zero attached hydrogens (tertiary/aromatic N) is 4. The highest BCUT2D eigenvalue weighted by atomic mass is 79.9. The molecular formula is C23H20BrN5OS. The Kier molecular flexibility index (Phi) is 5.65. The fourth-order valence-corrected chi connectivity index (χ4v) is 5.10. The SMILES string of the molecule is O=C(Nc1ccc(Br)cn1)C1CCN(c2ncnc3sc(-c4ccccc4)cc23)CC1. The van der Waals surface area contributed by atoms with Crippen molar-refractivity contribution in [1.82, 2.24) is 15.0 Å². The first-order valence-corrected chi connectivity index (χ1v) is 11.8. The molecule has 1 fully saturated rings. The number of halogens is 1. The summed E-state index contributed by atoms with van der Waals surface area (Å²) in [6.07, 6.45) is 4.89. The summed E-state index contributed by atoms with van der Waals surface area (Å²) in [6, 6.07) is 16.2. The molecule has 0 atom stereocenters. The molecule has 5 rings (SSSR count). The first kappa shape index (κ1) is 20.1. The van der Waals surface area contributed by atoms with Crippen LogP contribution in [-0.4, -0.2) is 33.9 Å². The number of amides is 1. The number of carbonyl (C=O) groups excluding carboxylic acids is 1. The number of carbonyl (C=O) groups is 1. The Morgan fingerprint density at radius 2 is 1.87 bits per heavy atom. The molecule has 4 heterocycles. The highest BCUT2D eigenvalue weighted by molar-refractivity contribution is 9.10. The summed E-state index contributed by atoms with van der Waals surface area (Å²) in [5, 5.41) is 4.01. The maximum atomic E-state index is 12.7. The minimum Gasteiger partial charge on any atom is -0.356 e. The Morgan fingerprint density at radius 3 is 2.61 bits per heavy atom. The monoisotopic (exact) mass is 493 g/mol. The number of fused-ring (bicyclic) bond motifs is 1. The molecule has 1 saturated heterocycles. The lowest BCUT2D eigenvalue weighted by Gasteiger charge is -2.32. The molecule has 1 aliphatic rings. The van der Waals surface area contributed by atoms with Crippen LogP contribution in [-0.2, 0) is 4.79 Å². The summed E-state index contributed by atoms with van der Waals surface area (Å²) in [4.78, 5) is 30.4. The van der Waals surface area contributed by atoms with Crippen LogP contribution in [0.3, 0.4) is 0 Å². The van der Waals surface area contributed by atoms with Gasteiger partial charge in [-0.15, -0.1) is 11.3 Å². The Balaban J connectivity index is 1.29. The standard InChI is InChI=1S/C23H20BrN5OS/c24-17-6-7-20(25-13-17)28-22(30)16-8-10-29(11-9-16)21-18-12-19(15-4-2-1-3-5-15)31-23(18)27-14-26-21/h1-7,12-14,16H,8-11H2,(H,25,28,30). The predicted molar refractivity (Wildman–Crippen MR) is 128 cm³/mol. The van der Waals surface area contributed by atoms with E-state index in [0.717, 1.165) is 46.4 Å². The van der Waals surface area contributed by atoms with Crippen LogP contribution in [0.25, 0.3) is 20.7 Å². The maximum Gasteiger partial charge on any atom is 0.228 e. The summed E-state index contributed by atoms with van der Waals surface area (Å²) in [5.74, 6) is 1.54. The van der Waals surface area contributed by atoms with Crippen molar-refractivity contribution in [1.29, 1.82) is 0 Å². The molecule has 1 N–H and O–H groups in total. The number of benzene rings is 1. The summed E-state index contributed by atoms with van der Waals surface area (Å²) in [7, 11) is 0. The van der Waals surface area contributed by atoms with E-state index in [-0.39, 0.29) is 11.8 Å². The molecule has 0 unspecified atom stereocenters. The molecule has 1 amide bonds. The average Bonchev–Trinajstić information content (AvgIpc) is 3.26. The van der Waals surface area contributed by atoms with Crippen molar-refractivity contribution in [3.05, 3.63) is 65.5 Å². The van der Waals surface area contributed by atoms with Gasteiger partial charge in [0.1, 0.15) is 22.8 Å². The third kappa shape index (κ3) is 4.31. The van der Waals surface area contributed by atoms with Crippen LogP contribution in [0.4, 0.5) is 11.6 Å². The average molecular weight is 494 g/mol. The molecule has 4 aromatic rings. The van der Waals surface area contributed by atoms with E-state index in [4.69, 9.17) is 0 Å². The first-order valence-electron chi connectivity index (χ1n) is 10.1. The van der Waals surface area contributed by atoms with Gasteiger partial charge in [-0.05, 0) is 52.5 Å². The predicted octanol–water partition coefficient (Wildman–Crippen LogP) is 5.37. The number of anilines is 2. The van der Waals surface area contributed by atoms with Crippen LogP contribution in [0, 0.1) is 5.92 Å². The van der Waals surface area contributed by atoms with Crippen LogP contribution < -0.4 is 10.2 Å². The van der Waals surface area contributed by atoms with Crippen molar-refractivity contribution in [2.75, 3.05) is 23.3 Å². The largest absolute Gasteiger partial charge is 0.356 e. The summed E-state index contributed by atoms with van der Waals surface area (Å²) in [6.45, 7) is 1.57. The van der Waals surface area contributed by atoms with Crippen molar-refractivity contribution in [3.63, 3.8) is 0 Å². The van der Waals surface area contributed by atoms with Gasteiger partial charge in [-0.1, -0.05) is 30.3 Å². The van der Waals surface area contributed by atoms with Crippen LogP contribution in [0.2, 0.25) is 0 Å². The zero-order chi connectivity index (χ0) is 21.2. The van der Waals surface area contributed by atoms with Gasteiger partial charge in [0.15, 0.2) is 0 Å². The minimum absolute atomic E-state index is 0.0265. The van der Waals surface area contributed by atoms with Crippen molar-refractivity contribution in [3.8, 4) is 10.4 Å². The van der Waals surface area contributed by atoms with E-state index in [1.54, 1.807) is 29.9 Å². The summed E-state index contributed by atoms with van der Waals surface area (Å²) < 4.78 is 0.888. The van der Waals surface area contributed by atoms with E-state index in [9.17, 15) is 4.79 Å². The van der Waals surface area contributed by atoms with Gasteiger partial charge < -0.3 is 10.2 Å². The molecule has 6 nitrogen and oxygen atoms in total. The van der Waals surface area contributed by atoms with Gasteiger partial charge in [0.2, 0.25) is 5.91 Å². The Labute approximate surface area is 192 Å². The van der Waals surface area contributed by atoms with E-state index in [2.05, 4.69) is 59.3 Å². The molecule has 8 heteroatoms. The molecular weight excluding hydrogens is 474 g/mol.